The van der Waals surface area contributed by atoms with Crippen molar-refractivity contribution >= 4 is 15.9 Å². The molecule has 0 aliphatic heterocycles. The number of rotatable bonds is 5. The molecule has 0 radical (unpaired) electrons. The molecule has 1 N–H and O–H groups in total. The van der Waals surface area contributed by atoms with Crippen LogP contribution in [-0.4, -0.2) is 16.3 Å². The standard InChI is InChI=1S/C14H17BrFN3/c1-3-17-13(9-10-7-8-19(2)18-10)11-5-4-6-12(16)14(11)15/h4-8,13,17H,3,9H2,1-2H3. The Morgan fingerprint density at radius 2 is 2.21 bits per heavy atom. The molecule has 1 aromatic heterocycles. The summed E-state index contributed by atoms with van der Waals surface area (Å²) in [5, 5.41) is 7.76. The van der Waals surface area contributed by atoms with Crippen molar-refractivity contribution in [2.24, 2.45) is 7.05 Å². The van der Waals surface area contributed by atoms with E-state index in [4.69, 9.17) is 0 Å². The van der Waals surface area contributed by atoms with Crippen molar-refractivity contribution in [3.05, 3.63) is 52.0 Å². The first-order valence-electron chi connectivity index (χ1n) is 6.27. The van der Waals surface area contributed by atoms with Crippen LogP contribution in [0, 0.1) is 5.82 Å². The number of hydrogen-bond acceptors (Lipinski definition) is 2. The number of hydrogen-bond donors (Lipinski definition) is 1. The van der Waals surface area contributed by atoms with Crippen molar-refractivity contribution in [2.75, 3.05) is 6.54 Å². The zero-order chi connectivity index (χ0) is 13.8. The van der Waals surface area contributed by atoms with Crippen LogP contribution in [0.15, 0.2) is 34.9 Å². The van der Waals surface area contributed by atoms with E-state index in [1.165, 1.54) is 6.07 Å². The van der Waals surface area contributed by atoms with E-state index in [0.29, 0.717) is 4.47 Å². The van der Waals surface area contributed by atoms with Crippen molar-refractivity contribution in [2.45, 2.75) is 19.4 Å². The number of aryl methyl sites for hydroxylation is 1. The molecule has 2 rings (SSSR count). The normalized spacial score (nSPS) is 12.6. The molecule has 1 aromatic carbocycles. The smallest absolute Gasteiger partial charge is 0.137 e. The highest BCUT2D eigenvalue weighted by Crippen LogP contribution is 2.28. The van der Waals surface area contributed by atoms with Crippen LogP contribution in [0.25, 0.3) is 0 Å². The molecule has 1 heterocycles. The Morgan fingerprint density at radius 1 is 1.42 bits per heavy atom. The Morgan fingerprint density at radius 3 is 2.84 bits per heavy atom. The molecule has 1 unspecified atom stereocenters. The van der Waals surface area contributed by atoms with Crippen molar-refractivity contribution in [1.82, 2.24) is 15.1 Å². The van der Waals surface area contributed by atoms with Crippen LogP contribution in [-0.2, 0) is 13.5 Å². The van der Waals surface area contributed by atoms with Gasteiger partial charge in [0.1, 0.15) is 5.82 Å². The third kappa shape index (κ3) is 3.42. The molecule has 1 atom stereocenters. The van der Waals surface area contributed by atoms with Crippen LogP contribution in [0.4, 0.5) is 4.39 Å². The Labute approximate surface area is 121 Å². The molecule has 0 fully saturated rings. The lowest BCUT2D eigenvalue weighted by atomic mass is 10.0. The van der Waals surface area contributed by atoms with Crippen LogP contribution >= 0.6 is 15.9 Å². The molecule has 2 aromatic rings. The number of likely N-dealkylation sites (N-methyl/N-ethyl adjacent to an activating group) is 1. The average Bonchev–Trinajstić information content (AvgIpc) is 2.78. The van der Waals surface area contributed by atoms with Gasteiger partial charge in [-0.25, -0.2) is 4.39 Å². The minimum atomic E-state index is -0.235. The van der Waals surface area contributed by atoms with Crippen LogP contribution in [0.1, 0.15) is 24.2 Å². The van der Waals surface area contributed by atoms with Crippen LogP contribution < -0.4 is 5.32 Å². The summed E-state index contributed by atoms with van der Waals surface area (Å²) in [7, 11) is 1.89. The highest BCUT2D eigenvalue weighted by Gasteiger charge is 2.17. The van der Waals surface area contributed by atoms with Gasteiger partial charge in [0, 0.05) is 25.7 Å². The maximum Gasteiger partial charge on any atom is 0.137 e. The van der Waals surface area contributed by atoms with Gasteiger partial charge >= 0.3 is 0 Å². The molecule has 102 valence electrons. The fourth-order valence-corrected chi connectivity index (χ4v) is 2.65. The monoisotopic (exact) mass is 325 g/mol. The topological polar surface area (TPSA) is 29.9 Å². The van der Waals surface area contributed by atoms with Crippen molar-refractivity contribution < 1.29 is 4.39 Å². The Bertz CT molecular complexity index is 553. The van der Waals surface area contributed by atoms with Crippen LogP contribution in [0.3, 0.4) is 0 Å². The lowest BCUT2D eigenvalue weighted by molar-refractivity contribution is 0.530. The van der Waals surface area contributed by atoms with Gasteiger partial charge in [-0.15, -0.1) is 0 Å². The van der Waals surface area contributed by atoms with Gasteiger partial charge in [-0.3, -0.25) is 4.68 Å². The molecular formula is C14H17BrFN3. The molecule has 3 nitrogen and oxygen atoms in total. The second kappa shape index (κ2) is 6.30. The molecule has 5 heteroatoms. The predicted octanol–water partition coefficient (Wildman–Crippen LogP) is 3.22. The summed E-state index contributed by atoms with van der Waals surface area (Å²) < 4.78 is 15.9. The van der Waals surface area contributed by atoms with E-state index in [1.54, 1.807) is 10.7 Å². The van der Waals surface area contributed by atoms with E-state index in [2.05, 4.69) is 26.3 Å². The van der Waals surface area contributed by atoms with Crippen molar-refractivity contribution in [3.8, 4) is 0 Å². The summed E-state index contributed by atoms with van der Waals surface area (Å²) in [6.45, 7) is 2.86. The minimum Gasteiger partial charge on any atom is -0.310 e. The summed E-state index contributed by atoms with van der Waals surface area (Å²) in [4.78, 5) is 0. The van der Waals surface area contributed by atoms with Gasteiger partial charge in [0.2, 0.25) is 0 Å². The molecule has 0 saturated carbocycles. The summed E-state index contributed by atoms with van der Waals surface area (Å²) in [5.74, 6) is -0.235. The summed E-state index contributed by atoms with van der Waals surface area (Å²) in [5.41, 5.74) is 1.91. The Kier molecular flexibility index (Phi) is 4.71. The number of nitrogens with zero attached hydrogens (tertiary/aromatic N) is 2. The average molecular weight is 326 g/mol. The fourth-order valence-electron chi connectivity index (χ4n) is 2.11. The predicted molar refractivity (Wildman–Crippen MR) is 77.4 cm³/mol. The summed E-state index contributed by atoms with van der Waals surface area (Å²) >= 11 is 3.33. The molecule has 0 aliphatic rings. The molecule has 0 aliphatic carbocycles. The first-order chi connectivity index (χ1) is 9.11. The second-order valence-corrected chi connectivity index (χ2v) is 5.23. The van der Waals surface area contributed by atoms with E-state index in [0.717, 1.165) is 24.2 Å². The minimum absolute atomic E-state index is 0.0463. The zero-order valence-corrected chi connectivity index (χ0v) is 12.6. The highest BCUT2D eigenvalue weighted by atomic mass is 79.9. The van der Waals surface area contributed by atoms with Gasteiger partial charge < -0.3 is 5.32 Å². The zero-order valence-electron chi connectivity index (χ0n) is 11.0. The highest BCUT2D eigenvalue weighted by molar-refractivity contribution is 9.10. The van der Waals surface area contributed by atoms with Gasteiger partial charge in [-0.1, -0.05) is 19.1 Å². The van der Waals surface area contributed by atoms with Gasteiger partial charge in [0.25, 0.3) is 0 Å². The fraction of sp³-hybridized carbons (Fsp3) is 0.357. The molecule has 0 amide bonds. The van der Waals surface area contributed by atoms with E-state index in [9.17, 15) is 4.39 Å². The van der Waals surface area contributed by atoms with Gasteiger partial charge in [-0.05, 0) is 40.2 Å². The quantitative estimate of drug-likeness (QED) is 0.914. The second-order valence-electron chi connectivity index (χ2n) is 4.44. The largest absolute Gasteiger partial charge is 0.310 e. The third-order valence-electron chi connectivity index (χ3n) is 2.99. The molecular weight excluding hydrogens is 309 g/mol. The maximum atomic E-state index is 13.6. The first kappa shape index (κ1) is 14.2. The van der Waals surface area contributed by atoms with Crippen molar-refractivity contribution in [1.29, 1.82) is 0 Å². The molecule has 0 saturated heterocycles. The molecule has 19 heavy (non-hydrogen) atoms. The van der Waals surface area contributed by atoms with E-state index in [1.807, 2.05) is 32.3 Å². The Balaban J connectivity index is 2.26. The van der Waals surface area contributed by atoms with Crippen molar-refractivity contribution in [3.63, 3.8) is 0 Å². The van der Waals surface area contributed by atoms with Crippen LogP contribution in [0.5, 0.6) is 0 Å². The van der Waals surface area contributed by atoms with E-state index < -0.39 is 0 Å². The maximum absolute atomic E-state index is 13.6. The van der Waals surface area contributed by atoms with Gasteiger partial charge in [-0.2, -0.15) is 5.10 Å². The molecule has 0 spiro atoms. The lowest BCUT2D eigenvalue weighted by Crippen LogP contribution is -2.23. The van der Waals surface area contributed by atoms with Crippen LogP contribution in [0.2, 0.25) is 0 Å². The number of benzene rings is 1. The number of aromatic nitrogens is 2. The first-order valence-corrected chi connectivity index (χ1v) is 7.07. The van der Waals surface area contributed by atoms with E-state index >= 15 is 0 Å². The molecule has 0 bridgehead atoms. The van der Waals surface area contributed by atoms with Gasteiger partial charge in [0.15, 0.2) is 0 Å². The van der Waals surface area contributed by atoms with Gasteiger partial charge in [0.05, 0.1) is 10.2 Å². The van der Waals surface area contributed by atoms with E-state index in [-0.39, 0.29) is 11.9 Å². The number of halogens is 2. The SMILES string of the molecule is CCNC(Cc1ccn(C)n1)c1cccc(F)c1Br. The Hall–Kier alpha value is -1.20. The third-order valence-corrected chi connectivity index (χ3v) is 3.83. The summed E-state index contributed by atoms with van der Waals surface area (Å²) in [6, 6.07) is 7.15. The summed E-state index contributed by atoms with van der Waals surface area (Å²) in [6.07, 6.45) is 2.65. The lowest BCUT2D eigenvalue weighted by Gasteiger charge is -2.19. The number of nitrogens with one attached hydrogen (secondary N) is 1.